The van der Waals surface area contributed by atoms with Crippen molar-refractivity contribution in [2.24, 2.45) is 0 Å². The van der Waals surface area contributed by atoms with Gasteiger partial charge in [-0.2, -0.15) is 4.98 Å². The van der Waals surface area contributed by atoms with Crippen LogP contribution in [0.3, 0.4) is 0 Å². The first-order valence-electron chi connectivity index (χ1n) is 10.3. The quantitative estimate of drug-likeness (QED) is 0.282. The van der Waals surface area contributed by atoms with Gasteiger partial charge < -0.3 is 9.47 Å². The van der Waals surface area contributed by atoms with E-state index in [0.717, 1.165) is 28.2 Å². The number of hydrogen-bond acceptors (Lipinski definition) is 4. The first-order valence-corrected chi connectivity index (χ1v) is 10.3. The lowest BCUT2D eigenvalue weighted by atomic mass is 10.0. The van der Waals surface area contributed by atoms with Crippen molar-refractivity contribution in [2.75, 3.05) is 13.7 Å². The molecule has 0 fully saturated rings. The lowest BCUT2D eigenvalue weighted by molar-refractivity contribution is -0.140. The van der Waals surface area contributed by atoms with Crippen LogP contribution in [-0.2, 0) is 9.53 Å². The largest absolute Gasteiger partial charge is 0.469 e. The summed E-state index contributed by atoms with van der Waals surface area (Å²) >= 11 is 0. The van der Waals surface area contributed by atoms with Gasteiger partial charge >= 0.3 is 12.0 Å². The molecule has 0 aliphatic rings. The van der Waals surface area contributed by atoms with Crippen molar-refractivity contribution in [1.82, 2.24) is 9.55 Å². The van der Waals surface area contributed by atoms with Crippen LogP contribution >= 0.6 is 0 Å². The van der Waals surface area contributed by atoms with Gasteiger partial charge in [-0.25, -0.2) is 0 Å². The predicted molar refractivity (Wildman–Crippen MR) is 121 cm³/mol. The van der Waals surface area contributed by atoms with E-state index in [9.17, 15) is 4.79 Å². The number of aromatic nitrogens is 2. The Kier molecular flexibility index (Phi) is 6.43. The molecule has 0 spiro atoms. The van der Waals surface area contributed by atoms with Crippen LogP contribution in [0.1, 0.15) is 12.8 Å². The summed E-state index contributed by atoms with van der Waals surface area (Å²) in [6.07, 6.45) is 0.856. The molecule has 156 valence electrons. The second-order valence-electron chi connectivity index (χ2n) is 7.02. The molecular formula is C26H24N2O3. The first kappa shape index (κ1) is 20.4. The van der Waals surface area contributed by atoms with E-state index in [1.165, 1.54) is 7.11 Å². The summed E-state index contributed by atoms with van der Waals surface area (Å²) in [5, 5.41) is 0. The fourth-order valence-corrected chi connectivity index (χ4v) is 3.45. The van der Waals surface area contributed by atoms with Crippen LogP contribution in [0, 0.1) is 0 Å². The van der Waals surface area contributed by atoms with E-state index in [-0.39, 0.29) is 5.97 Å². The zero-order valence-corrected chi connectivity index (χ0v) is 17.4. The van der Waals surface area contributed by atoms with Crippen molar-refractivity contribution >= 4 is 5.97 Å². The molecule has 1 heterocycles. The van der Waals surface area contributed by atoms with Crippen LogP contribution in [0.15, 0.2) is 91.0 Å². The van der Waals surface area contributed by atoms with Gasteiger partial charge in [0.15, 0.2) is 0 Å². The van der Waals surface area contributed by atoms with E-state index in [1.807, 2.05) is 83.4 Å². The van der Waals surface area contributed by atoms with Gasteiger partial charge in [-0.3, -0.25) is 9.36 Å². The lowest BCUT2D eigenvalue weighted by Crippen LogP contribution is -2.08. The Morgan fingerprint density at radius 2 is 1.42 bits per heavy atom. The average Bonchev–Trinajstić information content (AvgIpc) is 3.22. The number of methoxy groups -OCH3 is 1. The van der Waals surface area contributed by atoms with Gasteiger partial charge in [0.25, 0.3) is 0 Å². The van der Waals surface area contributed by atoms with Gasteiger partial charge in [0, 0.05) is 17.5 Å². The van der Waals surface area contributed by atoms with Crippen LogP contribution in [0.2, 0.25) is 0 Å². The molecule has 31 heavy (non-hydrogen) atoms. The lowest BCUT2D eigenvalue weighted by Gasteiger charge is -2.13. The zero-order chi connectivity index (χ0) is 21.5. The Bertz CT molecular complexity index is 1120. The molecule has 4 aromatic rings. The maximum atomic E-state index is 11.4. The number of nitrogens with zero attached hydrogens (tertiary/aromatic N) is 2. The van der Waals surface area contributed by atoms with E-state index in [1.54, 1.807) is 0 Å². The minimum Gasteiger partial charge on any atom is -0.469 e. The Hall–Kier alpha value is -3.86. The van der Waals surface area contributed by atoms with Crippen LogP contribution in [0.5, 0.6) is 6.01 Å². The Morgan fingerprint density at radius 1 is 0.839 bits per heavy atom. The molecule has 5 heteroatoms. The summed E-state index contributed by atoms with van der Waals surface area (Å²) in [6.45, 7) is 0.363. The number of imidazole rings is 1. The van der Waals surface area contributed by atoms with Gasteiger partial charge in [-0.15, -0.1) is 0 Å². The van der Waals surface area contributed by atoms with Crippen molar-refractivity contribution in [3.05, 3.63) is 91.0 Å². The summed E-state index contributed by atoms with van der Waals surface area (Å²) in [4.78, 5) is 16.3. The van der Waals surface area contributed by atoms with E-state index in [2.05, 4.69) is 12.1 Å². The number of benzene rings is 3. The normalized spacial score (nSPS) is 10.6. The highest BCUT2D eigenvalue weighted by Gasteiger charge is 2.22. The monoisotopic (exact) mass is 412 g/mol. The van der Waals surface area contributed by atoms with Crippen molar-refractivity contribution in [3.8, 4) is 34.2 Å². The summed E-state index contributed by atoms with van der Waals surface area (Å²) in [7, 11) is 1.39. The van der Waals surface area contributed by atoms with Crippen LogP contribution < -0.4 is 4.74 Å². The molecule has 0 saturated carbocycles. The Labute approximate surface area is 181 Å². The van der Waals surface area contributed by atoms with Gasteiger partial charge in [0.1, 0.15) is 5.69 Å². The van der Waals surface area contributed by atoms with Gasteiger partial charge in [-0.1, -0.05) is 78.9 Å². The Balaban J connectivity index is 1.82. The minimum absolute atomic E-state index is 0.245. The van der Waals surface area contributed by atoms with Crippen LogP contribution in [0.4, 0.5) is 0 Å². The number of carbonyl (C=O) groups excluding carboxylic acids is 1. The molecule has 0 aliphatic carbocycles. The maximum Gasteiger partial charge on any atom is 0.305 e. The molecule has 0 amide bonds. The van der Waals surface area contributed by atoms with Crippen molar-refractivity contribution in [1.29, 1.82) is 0 Å². The average molecular weight is 412 g/mol. The minimum atomic E-state index is -0.245. The predicted octanol–water partition coefficient (Wildman–Crippen LogP) is 5.54. The first-order chi connectivity index (χ1) is 15.3. The number of ether oxygens (including phenoxy) is 2. The molecule has 0 saturated heterocycles. The number of carbonyl (C=O) groups is 1. The molecule has 0 unspecified atom stereocenters. The highest BCUT2D eigenvalue weighted by molar-refractivity contribution is 5.81. The summed E-state index contributed by atoms with van der Waals surface area (Å²) in [5.41, 5.74) is 4.82. The third-order valence-electron chi connectivity index (χ3n) is 4.94. The molecule has 0 N–H and O–H groups in total. The van der Waals surface area contributed by atoms with Gasteiger partial charge in [0.05, 0.1) is 25.1 Å². The molecule has 5 nitrogen and oxygen atoms in total. The molecule has 0 radical (unpaired) electrons. The second-order valence-corrected chi connectivity index (χ2v) is 7.02. The highest BCUT2D eigenvalue weighted by Crippen LogP contribution is 2.37. The van der Waals surface area contributed by atoms with E-state index < -0.39 is 0 Å². The number of esters is 1. The fourth-order valence-electron chi connectivity index (χ4n) is 3.45. The van der Waals surface area contributed by atoms with Crippen molar-refractivity contribution in [2.45, 2.75) is 12.8 Å². The number of rotatable bonds is 8. The van der Waals surface area contributed by atoms with Crippen LogP contribution in [-0.4, -0.2) is 29.2 Å². The summed E-state index contributed by atoms with van der Waals surface area (Å²) in [6, 6.07) is 30.8. The van der Waals surface area contributed by atoms with E-state index in [0.29, 0.717) is 25.5 Å². The molecular weight excluding hydrogens is 388 g/mol. The molecule has 0 bridgehead atoms. The summed E-state index contributed by atoms with van der Waals surface area (Å²) < 4.78 is 12.9. The van der Waals surface area contributed by atoms with E-state index in [4.69, 9.17) is 14.5 Å². The topological polar surface area (TPSA) is 53.4 Å². The Morgan fingerprint density at radius 3 is 2.03 bits per heavy atom. The van der Waals surface area contributed by atoms with Gasteiger partial charge in [-0.05, 0) is 18.6 Å². The molecule has 1 aromatic heterocycles. The third kappa shape index (κ3) is 4.67. The zero-order valence-electron chi connectivity index (χ0n) is 17.4. The van der Waals surface area contributed by atoms with Crippen molar-refractivity contribution in [3.63, 3.8) is 0 Å². The molecule has 3 aromatic carbocycles. The SMILES string of the molecule is COC(=O)CCCOc1nc(-c2ccccc2)c(-c2ccccc2)n1-c1ccccc1. The fraction of sp³-hybridized carbons (Fsp3) is 0.154. The van der Waals surface area contributed by atoms with Crippen molar-refractivity contribution < 1.29 is 14.3 Å². The number of para-hydroxylation sites is 1. The summed E-state index contributed by atoms with van der Waals surface area (Å²) in [5.74, 6) is -0.245. The van der Waals surface area contributed by atoms with E-state index >= 15 is 0 Å². The van der Waals surface area contributed by atoms with Gasteiger partial charge in [0.2, 0.25) is 0 Å². The highest BCUT2D eigenvalue weighted by atomic mass is 16.5. The third-order valence-corrected chi connectivity index (χ3v) is 4.94. The van der Waals surface area contributed by atoms with Crippen LogP contribution in [0.25, 0.3) is 28.2 Å². The maximum absolute atomic E-state index is 11.4. The molecule has 0 atom stereocenters. The number of hydrogen-bond donors (Lipinski definition) is 0. The molecule has 0 aliphatic heterocycles. The smallest absolute Gasteiger partial charge is 0.305 e. The molecule has 4 rings (SSSR count). The second kappa shape index (κ2) is 9.76. The standard InChI is InChI=1S/C26H24N2O3/c1-30-23(29)18-11-19-31-26-27-24(20-12-5-2-6-13-20)25(21-14-7-3-8-15-21)28(26)22-16-9-4-10-17-22/h2-10,12-17H,11,18-19H2,1H3.